The summed E-state index contributed by atoms with van der Waals surface area (Å²) < 4.78 is 6.81. The number of benzene rings is 2. The molecular weight excluding hydrogens is 428 g/mol. The molecule has 8 heteroatoms. The van der Waals surface area contributed by atoms with Crippen LogP contribution in [-0.4, -0.2) is 64.7 Å². The molecule has 1 amide bonds. The maximum atomic E-state index is 13.0. The van der Waals surface area contributed by atoms with Crippen molar-refractivity contribution in [3.8, 4) is 0 Å². The third-order valence-corrected chi connectivity index (χ3v) is 5.90. The maximum Gasteiger partial charge on any atom is 0.327 e. The predicted octanol–water partition coefficient (Wildman–Crippen LogP) is 3.26. The number of methoxy groups -OCH3 is 1. The summed E-state index contributed by atoms with van der Waals surface area (Å²) in [6.07, 6.45) is 3.40. The van der Waals surface area contributed by atoms with Crippen LogP contribution < -0.4 is 0 Å². The number of rotatable bonds is 6. The lowest BCUT2D eigenvalue weighted by molar-refractivity contribution is -0.148. The molecule has 2 heterocycles. The molecule has 1 unspecified atom stereocenters. The van der Waals surface area contributed by atoms with Crippen LogP contribution >= 0.6 is 11.6 Å². The van der Waals surface area contributed by atoms with E-state index >= 15 is 0 Å². The Morgan fingerprint density at radius 1 is 1.03 bits per heavy atom. The highest BCUT2D eigenvalue weighted by molar-refractivity contribution is 6.30. The van der Waals surface area contributed by atoms with Gasteiger partial charge in [-0.3, -0.25) is 14.4 Å². The highest BCUT2D eigenvalue weighted by Crippen LogP contribution is 2.25. The highest BCUT2D eigenvalue weighted by Gasteiger charge is 2.32. The van der Waals surface area contributed by atoms with Gasteiger partial charge in [0.1, 0.15) is 6.04 Å². The lowest BCUT2D eigenvalue weighted by Crippen LogP contribution is -2.51. The van der Waals surface area contributed by atoms with Gasteiger partial charge >= 0.3 is 5.97 Å². The first-order valence-corrected chi connectivity index (χ1v) is 10.9. The fourth-order valence-electron chi connectivity index (χ4n) is 3.95. The zero-order valence-corrected chi connectivity index (χ0v) is 18.6. The standard InChI is InChI=1S/C24H25ClN4O3/c1-32-24(31)22(19-7-9-21(25)10-8-19)27-11-13-28(14-12-27)23(30)20-15-26-29(17-20)16-18-5-3-2-4-6-18/h2-10,15,17,22H,11-14,16H2,1H3. The van der Waals surface area contributed by atoms with Crippen molar-refractivity contribution in [3.63, 3.8) is 0 Å². The Morgan fingerprint density at radius 3 is 2.38 bits per heavy atom. The van der Waals surface area contributed by atoms with Crippen LogP contribution in [0, 0.1) is 0 Å². The smallest absolute Gasteiger partial charge is 0.327 e. The average molecular weight is 453 g/mol. The number of nitrogens with zero attached hydrogens (tertiary/aromatic N) is 4. The van der Waals surface area contributed by atoms with E-state index in [2.05, 4.69) is 5.10 Å². The molecule has 0 radical (unpaired) electrons. The number of halogens is 1. The predicted molar refractivity (Wildman–Crippen MR) is 121 cm³/mol. The normalized spacial score (nSPS) is 15.4. The number of aromatic nitrogens is 2. The number of carbonyl (C=O) groups is 2. The van der Waals surface area contributed by atoms with E-state index in [1.54, 1.807) is 34.1 Å². The zero-order valence-electron chi connectivity index (χ0n) is 17.9. The van der Waals surface area contributed by atoms with Gasteiger partial charge in [0, 0.05) is 37.4 Å². The van der Waals surface area contributed by atoms with E-state index in [0.29, 0.717) is 43.3 Å². The molecule has 1 aliphatic rings. The van der Waals surface area contributed by atoms with Crippen molar-refractivity contribution in [3.05, 3.63) is 88.7 Å². The highest BCUT2D eigenvalue weighted by atomic mass is 35.5. The SMILES string of the molecule is COC(=O)C(c1ccc(Cl)cc1)N1CCN(C(=O)c2cnn(Cc3ccccc3)c2)CC1. The second-order valence-corrected chi connectivity index (χ2v) is 8.15. The van der Waals surface area contributed by atoms with Crippen LogP contribution in [0.4, 0.5) is 0 Å². The molecule has 0 aliphatic carbocycles. The fraction of sp³-hybridized carbons (Fsp3) is 0.292. The summed E-state index contributed by atoms with van der Waals surface area (Å²) in [5, 5.41) is 4.95. The fourth-order valence-corrected chi connectivity index (χ4v) is 4.08. The average Bonchev–Trinajstić information content (AvgIpc) is 3.29. The number of ether oxygens (including phenoxy) is 1. The number of esters is 1. The monoisotopic (exact) mass is 452 g/mol. The van der Waals surface area contributed by atoms with Gasteiger partial charge in [-0.1, -0.05) is 54.1 Å². The third-order valence-electron chi connectivity index (χ3n) is 5.64. The van der Waals surface area contributed by atoms with E-state index < -0.39 is 6.04 Å². The van der Waals surface area contributed by atoms with Gasteiger partial charge in [-0.15, -0.1) is 0 Å². The summed E-state index contributed by atoms with van der Waals surface area (Å²) in [5.41, 5.74) is 2.51. The molecule has 0 N–H and O–H groups in total. The Balaban J connectivity index is 1.39. The quantitative estimate of drug-likeness (QED) is 0.537. The molecule has 0 bridgehead atoms. The molecule has 1 saturated heterocycles. The number of hydrogen-bond donors (Lipinski definition) is 0. The molecule has 32 heavy (non-hydrogen) atoms. The maximum absolute atomic E-state index is 13.0. The summed E-state index contributed by atoms with van der Waals surface area (Å²) in [6.45, 7) is 2.77. The number of amides is 1. The number of carbonyl (C=O) groups excluding carboxylic acids is 2. The first-order chi connectivity index (χ1) is 15.5. The van der Waals surface area contributed by atoms with Crippen molar-refractivity contribution in [2.45, 2.75) is 12.6 Å². The molecule has 7 nitrogen and oxygen atoms in total. The molecule has 3 aromatic rings. The number of hydrogen-bond acceptors (Lipinski definition) is 5. The van der Waals surface area contributed by atoms with Crippen LogP contribution in [0.2, 0.25) is 5.02 Å². The molecule has 4 rings (SSSR count). The van der Waals surface area contributed by atoms with Gasteiger partial charge in [0.15, 0.2) is 0 Å². The Hall–Kier alpha value is -3.16. The molecule has 2 aromatic carbocycles. The van der Waals surface area contributed by atoms with Crippen molar-refractivity contribution in [1.29, 1.82) is 0 Å². The van der Waals surface area contributed by atoms with Crippen molar-refractivity contribution < 1.29 is 14.3 Å². The van der Waals surface area contributed by atoms with Crippen LogP contribution in [0.3, 0.4) is 0 Å². The molecule has 1 aliphatic heterocycles. The largest absolute Gasteiger partial charge is 0.468 e. The first kappa shape index (κ1) is 22.0. The minimum absolute atomic E-state index is 0.0509. The Kier molecular flexibility index (Phi) is 6.87. The number of piperazine rings is 1. The van der Waals surface area contributed by atoms with Crippen LogP contribution in [0.5, 0.6) is 0 Å². The molecule has 1 fully saturated rings. The van der Waals surface area contributed by atoms with Crippen LogP contribution in [0.25, 0.3) is 0 Å². The zero-order chi connectivity index (χ0) is 22.5. The summed E-state index contributed by atoms with van der Waals surface area (Å²) in [4.78, 5) is 29.3. The van der Waals surface area contributed by atoms with Crippen molar-refractivity contribution in [1.82, 2.24) is 19.6 Å². The van der Waals surface area contributed by atoms with Crippen LogP contribution in [0.15, 0.2) is 67.0 Å². The molecule has 0 spiro atoms. The lowest BCUT2D eigenvalue weighted by atomic mass is 10.0. The van der Waals surface area contributed by atoms with E-state index in [4.69, 9.17) is 16.3 Å². The van der Waals surface area contributed by atoms with Crippen LogP contribution in [-0.2, 0) is 16.1 Å². The Labute approximate surface area is 192 Å². The Bertz CT molecular complexity index is 1060. The molecule has 1 aromatic heterocycles. The molecule has 1 atom stereocenters. The van der Waals surface area contributed by atoms with Gasteiger partial charge in [0.2, 0.25) is 0 Å². The lowest BCUT2D eigenvalue weighted by Gasteiger charge is -2.38. The topological polar surface area (TPSA) is 67.7 Å². The molecule has 166 valence electrons. The van der Waals surface area contributed by atoms with E-state index in [1.165, 1.54) is 7.11 Å². The van der Waals surface area contributed by atoms with Crippen molar-refractivity contribution >= 4 is 23.5 Å². The van der Waals surface area contributed by atoms with Gasteiger partial charge in [-0.25, -0.2) is 4.79 Å². The second kappa shape index (κ2) is 9.97. The van der Waals surface area contributed by atoms with E-state index in [-0.39, 0.29) is 11.9 Å². The van der Waals surface area contributed by atoms with Crippen molar-refractivity contribution in [2.75, 3.05) is 33.3 Å². The van der Waals surface area contributed by atoms with Crippen molar-refractivity contribution in [2.24, 2.45) is 0 Å². The minimum Gasteiger partial charge on any atom is -0.468 e. The Morgan fingerprint density at radius 2 is 1.72 bits per heavy atom. The third kappa shape index (κ3) is 5.00. The van der Waals surface area contributed by atoms with Gasteiger partial charge < -0.3 is 9.64 Å². The van der Waals surface area contributed by atoms with Gasteiger partial charge in [-0.2, -0.15) is 5.10 Å². The molecular formula is C24H25ClN4O3. The van der Waals surface area contributed by atoms with Gasteiger partial charge in [-0.05, 0) is 23.3 Å². The summed E-state index contributed by atoms with van der Waals surface area (Å²) >= 11 is 5.99. The summed E-state index contributed by atoms with van der Waals surface area (Å²) in [6, 6.07) is 16.7. The van der Waals surface area contributed by atoms with E-state index in [9.17, 15) is 9.59 Å². The first-order valence-electron chi connectivity index (χ1n) is 10.5. The summed E-state index contributed by atoms with van der Waals surface area (Å²) in [7, 11) is 1.39. The molecule has 0 saturated carbocycles. The van der Waals surface area contributed by atoms with Gasteiger partial charge in [0.25, 0.3) is 5.91 Å². The minimum atomic E-state index is -0.525. The second-order valence-electron chi connectivity index (χ2n) is 7.72. The van der Waals surface area contributed by atoms with Gasteiger partial charge in [0.05, 0.1) is 25.4 Å². The van der Waals surface area contributed by atoms with Crippen LogP contribution in [0.1, 0.15) is 27.5 Å². The van der Waals surface area contributed by atoms with E-state index in [0.717, 1.165) is 11.1 Å². The van der Waals surface area contributed by atoms with E-state index in [1.807, 2.05) is 47.4 Å². The summed E-state index contributed by atoms with van der Waals surface area (Å²) in [5.74, 6) is -0.376.